The molecule has 0 aliphatic rings. The summed E-state index contributed by atoms with van der Waals surface area (Å²) in [5, 5.41) is 16.8. The van der Waals surface area contributed by atoms with Gasteiger partial charge in [0.05, 0.1) is 11.1 Å². The molecular weight excluding hydrogens is 276 g/mol. The van der Waals surface area contributed by atoms with Gasteiger partial charge in [-0.05, 0) is 42.4 Å². The van der Waals surface area contributed by atoms with Crippen LogP contribution in [0.15, 0.2) is 36.5 Å². The molecule has 0 saturated carbocycles. The summed E-state index contributed by atoms with van der Waals surface area (Å²) in [7, 11) is 1.78. The summed E-state index contributed by atoms with van der Waals surface area (Å²) >= 11 is 6.04. The van der Waals surface area contributed by atoms with E-state index < -0.39 is 0 Å². The second kappa shape index (κ2) is 5.11. The van der Waals surface area contributed by atoms with Gasteiger partial charge in [0, 0.05) is 11.2 Å². The van der Waals surface area contributed by atoms with Crippen molar-refractivity contribution in [3.8, 4) is 11.4 Å². The van der Waals surface area contributed by atoms with Gasteiger partial charge >= 0.3 is 5.82 Å². The Hall–Kier alpha value is -2.11. The molecule has 0 saturated heterocycles. The molecule has 5 nitrogen and oxygen atoms in total. The van der Waals surface area contributed by atoms with E-state index in [0.717, 1.165) is 21.3 Å². The van der Waals surface area contributed by atoms with Gasteiger partial charge in [-0.25, -0.2) is 4.73 Å². The third-order valence-corrected chi connectivity index (χ3v) is 3.32. The minimum atomic E-state index is 0.399. The van der Waals surface area contributed by atoms with Crippen LogP contribution in [-0.4, -0.2) is 17.0 Å². The van der Waals surface area contributed by atoms with Gasteiger partial charge in [-0.3, -0.25) is 0 Å². The number of hydrogen-bond donors (Lipinski definition) is 2. The standard InChI is InChI=1S/C14H13ClN4O/c1-16-8-13-18-11-5-4-9(15)7-10(11)14(19(13)20)12-3-2-6-17-12/h2-7,16-17H,8H2,1H3. The number of benzene rings is 1. The number of nitrogens with zero attached hydrogens (tertiary/aromatic N) is 2. The maximum Gasteiger partial charge on any atom is 0.316 e. The van der Waals surface area contributed by atoms with E-state index in [-0.39, 0.29) is 0 Å². The van der Waals surface area contributed by atoms with Crippen LogP contribution in [0.1, 0.15) is 5.82 Å². The van der Waals surface area contributed by atoms with E-state index in [1.807, 2.05) is 18.2 Å². The van der Waals surface area contributed by atoms with Crippen LogP contribution in [0.5, 0.6) is 0 Å². The average molecular weight is 289 g/mol. The Morgan fingerprint density at radius 3 is 2.95 bits per heavy atom. The van der Waals surface area contributed by atoms with Crippen molar-refractivity contribution in [2.45, 2.75) is 6.54 Å². The number of H-pyrrole nitrogens is 1. The number of hydrogen-bond acceptors (Lipinski definition) is 3. The topological polar surface area (TPSA) is 67.7 Å². The van der Waals surface area contributed by atoms with Gasteiger partial charge in [-0.15, -0.1) is 0 Å². The van der Waals surface area contributed by atoms with Gasteiger partial charge in [-0.2, -0.15) is 0 Å². The smallest absolute Gasteiger partial charge is 0.316 e. The zero-order valence-electron chi connectivity index (χ0n) is 10.9. The summed E-state index contributed by atoms with van der Waals surface area (Å²) < 4.78 is 0.848. The van der Waals surface area contributed by atoms with Crippen molar-refractivity contribution in [3.05, 3.63) is 52.6 Å². The number of rotatable bonds is 3. The first-order valence-corrected chi connectivity index (χ1v) is 6.58. The molecule has 102 valence electrons. The van der Waals surface area contributed by atoms with Crippen molar-refractivity contribution in [1.29, 1.82) is 0 Å². The average Bonchev–Trinajstić information content (AvgIpc) is 2.94. The van der Waals surface area contributed by atoms with Crippen molar-refractivity contribution in [2.75, 3.05) is 7.05 Å². The Morgan fingerprint density at radius 1 is 1.40 bits per heavy atom. The molecule has 0 amide bonds. The number of aromatic amines is 1. The molecular formula is C14H13ClN4O. The summed E-state index contributed by atoms with van der Waals surface area (Å²) in [6.07, 6.45) is 1.78. The van der Waals surface area contributed by atoms with E-state index in [0.29, 0.717) is 23.1 Å². The van der Waals surface area contributed by atoms with Gasteiger partial charge in [0.15, 0.2) is 11.2 Å². The van der Waals surface area contributed by atoms with Crippen LogP contribution in [0.25, 0.3) is 22.3 Å². The fraction of sp³-hybridized carbons (Fsp3) is 0.143. The first-order valence-electron chi connectivity index (χ1n) is 6.21. The molecule has 0 atom stereocenters. The predicted octanol–water partition coefficient (Wildman–Crippen LogP) is 2.24. The molecule has 3 aromatic rings. The SMILES string of the molecule is CNCc1nc2ccc(Cl)cc2c(-c2ccc[nH]2)[n+]1[O-]. The maximum atomic E-state index is 12.5. The van der Waals surface area contributed by atoms with Gasteiger partial charge in [-0.1, -0.05) is 11.6 Å². The van der Waals surface area contributed by atoms with Crippen LogP contribution >= 0.6 is 11.6 Å². The molecule has 0 bridgehead atoms. The van der Waals surface area contributed by atoms with Crippen molar-refractivity contribution < 1.29 is 4.73 Å². The summed E-state index contributed by atoms with van der Waals surface area (Å²) in [4.78, 5) is 7.45. The van der Waals surface area contributed by atoms with Crippen LogP contribution in [0, 0.1) is 5.21 Å². The lowest BCUT2D eigenvalue weighted by molar-refractivity contribution is -0.605. The zero-order valence-corrected chi connectivity index (χ0v) is 11.6. The Balaban J connectivity index is 2.38. The number of aromatic nitrogens is 3. The highest BCUT2D eigenvalue weighted by molar-refractivity contribution is 6.31. The van der Waals surface area contributed by atoms with E-state index in [4.69, 9.17) is 11.6 Å². The summed E-state index contributed by atoms with van der Waals surface area (Å²) in [5.41, 5.74) is 2.02. The van der Waals surface area contributed by atoms with Crippen LogP contribution in [0.3, 0.4) is 0 Å². The van der Waals surface area contributed by atoms with Gasteiger partial charge < -0.3 is 15.5 Å². The fourth-order valence-electron chi connectivity index (χ4n) is 2.22. The first-order chi connectivity index (χ1) is 9.70. The highest BCUT2D eigenvalue weighted by Gasteiger charge is 2.19. The molecule has 1 aromatic carbocycles. The molecule has 6 heteroatoms. The highest BCUT2D eigenvalue weighted by Crippen LogP contribution is 2.26. The summed E-state index contributed by atoms with van der Waals surface area (Å²) in [6.45, 7) is 0.399. The first kappa shape index (κ1) is 12.9. The quantitative estimate of drug-likeness (QED) is 0.574. The second-order valence-corrected chi connectivity index (χ2v) is 4.88. The van der Waals surface area contributed by atoms with Crippen LogP contribution in [0.4, 0.5) is 0 Å². The van der Waals surface area contributed by atoms with E-state index in [9.17, 15) is 5.21 Å². The molecule has 2 N–H and O–H groups in total. The van der Waals surface area contributed by atoms with E-state index >= 15 is 0 Å². The Bertz CT molecular complexity index is 755. The Kier molecular flexibility index (Phi) is 3.30. The lowest BCUT2D eigenvalue weighted by atomic mass is 10.1. The van der Waals surface area contributed by atoms with Crippen molar-refractivity contribution in [2.24, 2.45) is 0 Å². The maximum absolute atomic E-state index is 12.5. The fourth-order valence-corrected chi connectivity index (χ4v) is 2.39. The normalized spacial score (nSPS) is 11.1. The second-order valence-electron chi connectivity index (χ2n) is 4.45. The molecule has 0 radical (unpaired) electrons. The van der Waals surface area contributed by atoms with E-state index in [2.05, 4.69) is 15.3 Å². The van der Waals surface area contributed by atoms with E-state index in [1.54, 1.807) is 25.4 Å². The molecule has 3 rings (SSSR count). The largest absolute Gasteiger partial charge is 0.710 e. The van der Waals surface area contributed by atoms with Crippen LogP contribution in [0.2, 0.25) is 5.02 Å². The molecule has 2 heterocycles. The predicted molar refractivity (Wildman–Crippen MR) is 78.3 cm³/mol. The Labute approximate surface area is 120 Å². The molecule has 0 spiro atoms. The van der Waals surface area contributed by atoms with E-state index in [1.165, 1.54) is 0 Å². The van der Waals surface area contributed by atoms with Crippen molar-refractivity contribution >= 4 is 22.5 Å². The minimum absolute atomic E-state index is 0.399. The van der Waals surface area contributed by atoms with Gasteiger partial charge in [0.1, 0.15) is 6.54 Å². The molecule has 2 aromatic heterocycles. The van der Waals surface area contributed by atoms with Crippen LogP contribution in [-0.2, 0) is 6.54 Å². The molecule has 0 aliphatic heterocycles. The molecule has 0 fully saturated rings. The lowest BCUT2D eigenvalue weighted by Crippen LogP contribution is -2.38. The molecule has 20 heavy (non-hydrogen) atoms. The van der Waals surface area contributed by atoms with Gasteiger partial charge in [0.2, 0.25) is 0 Å². The van der Waals surface area contributed by atoms with Crippen molar-refractivity contribution in [3.63, 3.8) is 0 Å². The summed E-state index contributed by atoms with van der Waals surface area (Å²) in [6, 6.07) is 9.06. The third kappa shape index (κ3) is 2.11. The van der Waals surface area contributed by atoms with Crippen molar-refractivity contribution in [1.82, 2.24) is 15.3 Å². The highest BCUT2D eigenvalue weighted by atomic mass is 35.5. The Morgan fingerprint density at radius 2 is 2.25 bits per heavy atom. The van der Waals surface area contributed by atoms with Crippen LogP contribution < -0.4 is 10.0 Å². The minimum Gasteiger partial charge on any atom is -0.710 e. The van der Waals surface area contributed by atoms with Gasteiger partial charge in [0.25, 0.3) is 0 Å². The molecule has 0 aliphatic carbocycles. The number of nitrogens with one attached hydrogen (secondary N) is 2. The number of halogens is 1. The summed E-state index contributed by atoms with van der Waals surface area (Å²) in [5.74, 6) is 0.423. The lowest BCUT2D eigenvalue weighted by Gasteiger charge is -2.13. The third-order valence-electron chi connectivity index (χ3n) is 3.09. The monoisotopic (exact) mass is 288 g/mol. The zero-order chi connectivity index (χ0) is 14.1. The number of fused-ring (bicyclic) bond motifs is 1. The molecule has 0 unspecified atom stereocenters.